The van der Waals surface area contributed by atoms with Gasteiger partial charge in [0.25, 0.3) is 0 Å². The van der Waals surface area contributed by atoms with Crippen LogP contribution in [0.15, 0.2) is 59.5 Å². The molecule has 4 rings (SSSR count). The molecule has 0 radical (unpaired) electrons. The first-order valence-electron chi connectivity index (χ1n) is 12.5. The van der Waals surface area contributed by atoms with Crippen LogP contribution in [0.25, 0.3) is 10.9 Å². The molecule has 2 aromatic carbocycles. The Morgan fingerprint density at radius 2 is 1.78 bits per heavy atom. The van der Waals surface area contributed by atoms with Crippen molar-refractivity contribution in [2.45, 2.75) is 44.6 Å². The maximum Gasteiger partial charge on any atom is 0.319 e. The lowest BCUT2D eigenvalue weighted by Gasteiger charge is -2.37. The van der Waals surface area contributed by atoms with Gasteiger partial charge >= 0.3 is 6.03 Å². The van der Waals surface area contributed by atoms with Crippen LogP contribution in [0.5, 0.6) is 0 Å². The fourth-order valence-electron chi connectivity index (χ4n) is 4.93. The number of carbonyl (C=O) groups is 1. The highest BCUT2D eigenvalue weighted by atomic mass is 32.2. The van der Waals surface area contributed by atoms with Crippen molar-refractivity contribution in [2.24, 2.45) is 0 Å². The van der Waals surface area contributed by atoms with Gasteiger partial charge < -0.3 is 15.5 Å². The molecule has 1 aliphatic heterocycles. The first-order chi connectivity index (χ1) is 17.3. The summed E-state index contributed by atoms with van der Waals surface area (Å²) in [5.41, 5.74) is 3.21. The number of aryl methyl sites for hydroxylation is 2. The molecule has 8 nitrogen and oxygen atoms in total. The summed E-state index contributed by atoms with van der Waals surface area (Å²) in [5.74, 6) is 0. The molecule has 0 atom stereocenters. The Balaban J connectivity index is 1.27. The number of urea groups is 1. The Morgan fingerprint density at radius 1 is 1.08 bits per heavy atom. The van der Waals surface area contributed by atoms with E-state index in [9.17, 15) is 13.2 Å². The SMILES string of the molecule is CCN(C1CCN(CCNC(=O)Nc2cc(C)nc3ccccc23)CC1)S(=O)(=O)c1ccccc1C. The van der Waals surface area contributed by atoms with Crippen LogP contribution in [0, 0.1) is 13.8 Å². The Hall–Kier alpha value is -3.01. The third kappa shape index (κ3) is 5.86. The van der Waals surface area contributed by atoms with Crippen LogP contribution >= 0.6 is 0 Å². The number of piperidine rings is 1. The van der Waals surface area contributed by atoms with E-state index in [4.69, 9.17) is 0 Å². The van der Waals surface area contributed by atoms with Gasteiger partial charge in [0.1, 0.15) is 0 Å². The molecule has 1 aliphatic rings. The molecule has 1 aromatic heterocycles. The van der Waals surface area contributed by atoms with Gasteiger partial charge in [0.2, 0.25) is 10.0 Å². The summed E-state index contributed by atoms with van der Waals surface area (Å²) < 4.78 is 28.3. The lowest BCUT2D eigenvalue weighted by Crippen LogP contribution is -2.48. The number of benzene rings is 2. The van der Waals surface area contributed by atoms with Crippen molar-refractivity contribution >= 4 is 32.6 Å². The number of aromatic nitrogens is 1. The number of nitrogens with one attached hydrogen (secondary N) is 2. The number of fused-ring (bicyclic) bond motifs is 1. The third-order valence-corrected chi connectivity index (χ3v) is 8.95. The topological polar surface area (TPSA) is 94.6 Å². The lowest BCUT2D eigenvalue weighted by atomic mass is 10.1. The van der Waals surface area contributed by atoms with E-state index in [-0.39, 0.29) is 12.1 Å². The molecule has 0 bridgehead atoms. The van der Waals surface area contributed by atoms with E-state index in [2.05, 4.69) is 20.5 Å². The number of carbonyl (C=O) groups excluding carboxylic acids is 1. The fourth-order valence-corrected chi connectivity index (χ4v) is 6.85. The van der Waals surface area contributed by atoms with E-state index in [1.54, 1.807) is 16.4 Å². The number of anilines is 1. The van der Waals surface area contributed by atoms with Crippen LogP contribution < -0.4 is 10.6 Å². The summed E-state index contributed by atoms with van der Waals surface area (Å²) in [6, 6.07) is 16.5. The first-order valence-corrected chi connectivity index (χ1v) is 13.9. The average Bonchev–Trinajstić information content (AvgIpc) is 2.85. The molecule has 9 heteroatoms. The van der Waals surface area contributed by atoms with Crippen molar-refractivity contribution in [1.82, 2.24) is 19.5 Å². The van der Waals surface area contributed by atoms with E-state index in [1.165, 1.54) is 0 Å². The van der Waals surface area contributed by atoms with E-state index in [1.807, 2.05) is 63.2 Å². The molecule has 2 heterocycles. The molecule has 2 amide bonds. The number of hydrogen-bond acceptors (Lipinski definition) is 5. The van der Waals surface area contributed by atoms with Gasteiger partial charge in [0.05, 0.1) is 16.1 Å². The highest BCUT2D eigenvalue weighted by Crippen LogP contribution is 2.26. The van der Waals surface area contributed by atoms with Gasteiger partial charge in [-0.05, 0) is 63.5 Å². The Kier molecular flexibility index (Phi) is 8.23. The zero-order valence-corrected chi connectivity index (χ0v) is 22.0. The molecule has 0 aliphatic carbocycles. The van der Waals surface area contributed by atoms with Gasteiger partial charge in [-0.15, -0.1) is 0 Å². The summed E-state index contributed by atoms with van der Waals surface area (Å²) in [7, 11) is -3.53. The molecule has 36 heavy (non-hydrogen) atoms. The molecule has 2 N–H and O–H groups in total. The number of amides is 2. The summed E-state index contributed by atoms with van der Waals surface area (Å²) in [4.78, 5) is 19.7. The van der Waals surface area contributed by atoms with Gasteiger partial charge in [-0.2, -0.15) is 4.31 Å². The molecule has 0 saturated carbocycles. The maximum atomic E-state index is 13.3. The number of hydrogen-bond donors (Lipinski definition) is 2. The zero-order chi connectivity index (χ0) is 25.7. The predicted octanol–water partition coefficient (Wildman–Crippen LogP) is 4.15. The van der Waals surface area contributed by atoms with E-state index in [0.29, 0.717) is 24.5 Å². The molecule has 0 unspecified atom stereocenters. The second-order valence-electron chi connectivity index (χ2n) is 9.26. The van der Waals surface area contributed by atoms with Gasteiger partial charge in [-0.3, -0.25) is 4.98 Å². The van der Waals surface area contributed by atoms with Gasteiger partial charge in [-0.25, -0.2) is 13.2 Å². The van der Waals surface area contributed by atoms with Crippen LogP contribution in [0.3, 0.4) is 0 Å². The minimum absolute atomic E-state index is 0.0182. The van der Waals surface area contributed by atoms with Crippen LogP contribution in [-0.2, 0) is 10.0 Å². The minimum Gasteiger partial charge on any atom is -0.337 e. The van der Waals surface area contributed by atoms with Crippen molar-refractivity contribution < 1.29 is 13.2 Å². The van der Waals surface area contributed by atoms with E-state index >= 15 is 0 Å². The predicted molar refractivity (Wildman–Crippen MR) is 144 cm³/mol. The van der Waals surface area contributed by atoms with Crippen LogP contribution in [0.4, 0.5) is 10.5 Å². The quantitative estimate of drug-likeness (QED) is 0.476. The number of nitrogens with zero attached hydrogens (tertiary/aromatic N) is 3. The normalized spacial score (nSPS) is 15.3. The Morgan fingerprint density at radius 3 is 2.50 bits per heavy atom. The minimum atomic E-state index is -3.53. The molecule has 3 aromatic rings. The molecular formula is C27H35N5O3S. The van der Waals surface area contributed by atoms with Crippen molar-refractivity contribution in [3.05, 3.63) is 65.9 Å². The highest BCUT2D eigenvalue weighted by Gasteiger charge is 2.33. The number of rotatable bonds is 8. The van der Waals surface area contributed by atoms with E-state index < -0.39 is 10.0 Å². The van der Waals surface area contributed by atoms with Crippen molar-refractivity contribution in [1.29, 1.82) is 0 Å². The average molecular weight is 510 g/mol. The summed E-state index contributed by atoms with van der Waals surface area (Å²) >= 11 is 0. The molecule has 0 spiro atoms. The zero-order valence-electron chi connectivity index (χ0n) is 21.2. The van der Waals surface area contributed by atoms with Crippen molar-refractivity contribution in [3.8, 4) is 0 Å². The summed E-state index contributed by atoms with van der Waals surface area (Å²) in [6.07, 6.45) is 1.54. The van der Waals surface area contributed by atoms with Gasteiger partial charge in [0, 0.05) is 36.8 Å². The standard InChI is InChI=1S/C27H35N5O3S/c1-4-32(36(34,35)26-12-8-5-9-20(26)2)22-13-16-31(17-14-22)18-15-28-27(33)30-25-19-21(3)29-24-11-7-6-10-23(24)25/h5-12,19,22H,4,13-18H2,1-3H3,(H2,28,29,30,33). The first kappa shape index (κ1) is 26.1. The third-order valence-electron chi connectivity index (χ3n) is 6.76. The van der Waals surface area contributed by atoms with Gasteiger partial charge in [0.15, 0.2) is 0 Å². The second kappa shape index (κ2) is 11.4. The summed E-state index contributed by atoms with van der Waals surface area (Å²) in [5, 5.41) is 6.79. The molecule has 1 saturated heterocycles. The van der Waals surface area contributed by atoms with Crippen molar-refractivity contribution in [3.63, 3.8) is 0 Å². The van der Waals surface area contributed by atoms with Crippen LogP contribution in [0.2, 0.25) is 0 Å². The molecule has 192 valence electrons. The van der Waals surface area contributed by atoms with Crippen LogP contribution in [-0.4, -0.2) is 67.4 Å². The number of para-hydroxylation sites is 1. The number of sulfonamides is 1. The number of likely N-dealkylation sites (tertiary alicyclic amines) is 1. The smallest absolute Gasteiger partial charge is 0.319 e. The number of pyridine rings is 1. The monoisotopic (exact) mass is 509 g/mol. The highest BCUT2D eigenvalue weighted by molar-refractivity contribution is 7.89. The summed E-state index contributed by atoms with van der Waals surface area (Å²) in [6.45, 7) is 8.91. The molecule has 1 fully saturated rings. The fraction of sp³-hybridized carbons (Fsp3) is 0.407. The lowest BCUT2D eigenvalue weighted by molar-refractivity contribution is 0.162. The Bertz CT molecular complexity index is 1320. The second-order valence-corrected chi connectivity index (χ2v) is 11.1. The van der Waals surface area contributed by atoms with Crippen LogP contribution in [0.1, 0.15) is 31.0 Å². The largest absolute Gasteiger partial charge is 0.337 e. The van der Waals surface area contributed by atoms with Gasteiger partial charge in [-0.1, -0.05) is 43.3 Å². The molecular weight excluding hydrogens is 474 g/mol. The Labute approximate surface area is 213 Å². The maximum absolute atomic E-state index is 13.3. The van der Waals surface area contributed by atoms with E-state index in [0.717, 1.165) is 53.8 Å². The van der Waals surface area contributed by atoms with Crippen molar-refractivity contribution in [2.75, 3.05) is 38.0 Å².